The highest BCUT2D eigenvalue weighted by atomic mass is 35.5. The zero-order valence-corrected chi connectivity index (χ0v) is 25.2. The second-order valence-corrected chi connectivity index (χ2v) is 12.3. The molecule has 3 unspecified atom stereocenters. The number of aromatic nitrogens is 2. The number of hydrogen-bond donors (Lipinski definition) is 3. The van der Waals surface area contributed by atoms with Gasteiger partial charge in [-0.15, -0.1) is 12.4 Å². The van der Waals surface area contributed by atoms with Crippen molar-refractivity contribution in [3.63, 3.8) is 0 Å². The maximum absolute atomic E-state index is 13.4. The highest BCUT2D eigenvalue weighted by Gasteiger charge is 2.53. The number of urea groups is 1. The minimum atomic E-state index is -1.01. The number of carbonyl (C=O) groups excluding carboxylic acids is 2. The summed E-state index contributed by atoms with van der Waals surface area (Å²) in [5.41, 5.74) is 13.4. The maximum Gasteiger partial charge on any atom is 0.354 e. The van der Waals surface area contributed by atoms with Crippen LogP contribution in [-0.4, -0.2) is 80.5 Å². The molecule has 6 rings (SSSR count). The molecule has 228 valence electrons. The van der Waals surface area contributed by atoms with Gasteiger partial charge in [0, 0.05) is 51.5 Å². The largest absolute Gasteiger partial charge is 0.354 e. The molecule has 1 saturated carbocycles. The van der Waals surface area contributed by atoms with Gasteiger partial charge in [0.25, 0.3) is 0 Å². The number of halogens is 1. The van der Waals surface area contributed by atoms with Crippen molar-refractivity contribution >= 4 is 30.2 Å². The summed E-state index contributed by atoms with van der Waals surface area (Å²) < 4.78 is 1.45. The molecule has 43 heavy (non-hydrogen) atoms. The Balaban J connectivity index is 0.00000368. The zero-order valence-electron chi connectivity index (χ0n) is 24.4. The third kappa shape index (κ3) is 6.45. The van der Waals surface area contributed by atoms with Crippen LogP contribution in [-0.2, 0) is 11.3 Å². The lowest BCUT2D eigenvalue weighted by molar-refractivity contribution is -0.138. The SMILES string of the molecule is CC(C)(N)C(=O)N1CCN(C(=O)Nc2ccn(-c3ccc(CN4CC5C(N)C5C4)cc3)c(=O)n2)C(c2ccccc2)C1.Cl. The molecule has 1 aliphatic carbocycles. The number of piperidine rings is 1. The highest BCUT2D eigenvalue weighted by Crippen LogP contribution is 2.44. The molecule has 0 radical (unpaired) electrons. The number of fused-ring (bicyclic) bond motifs is 1. The number of piperazine rings is 1. The van der Waals surface area contributed by atoms with Gasteiger partial charge in [0.05, 0.1) is 17.3 Å². The van der Waals surface area contributed by atoms with E-state index in [0.29, 0.717) is 43.2 Å². The Labute approximate surface area is 257 Å². The van der Waals surface area contributed by atoms with E-state index in [9.17, 15) is 14.4 Å². The summed E-state index contributed by atoms with van der Waals surface area (Å²) in [6, 6.07) is 18.7. The van der Waals surface area contributed by atoms with Crippen molar-refractivity contribution in [3.8, 4) is 5.69 Å². The average Bonchev–Trinajstić information content (AvgIpc) is 3.35. The van der Waals surface area contributed by atoms with E-state index in [2.05, 4.69) is 15.2 Å². The van der Waals surface area contributed by atoms with E-state index in [1.165, 1.54) is 10.1 Å². The van der Waals surface area contributed by atoms with Crippen molar-refractivity contribution in [2.75, 3.05) is 38.0 Å². The molecule has 3 fully saturated rings. The van der Waals surface area contributed by atoms with Crippen LogP contribution in [0.15, 0.2) is 71.7 Å². The quantitative estimate of drug-likeness (QED) is 0.390. The minimum absolute atomic E-state index is 0. The summed E-state index contributed by atoms with van der Waals surface area (Å²) in [5, 5.41) is 2.78. The average molecular weight is 607 g/mol. The van der Waals surface area contributed by atoms with Crippen LogP contribution >= 0.6 is 12.4 Å². The maximum atomic E-state index is 13.4. The fourth-order valence-corrected chi connectivity index (χ4v) is 6.24. The van der Waals surface area contributed by atoms with Crippen molar-refractivity contribution in [2.24, 2.45) is 23.3 Å². The first kappa shape index (κ1) is 30.7. The van der Waals surface area contributed by atoms with Crippen LogP contribution in [0, 0.1) is 11.8 Å². The summed E-state index contributed by atoms with van der Waals surface area (Å²) in [7, 11) is 0. The number of nitrogens with one attached hydrogen (secondary N) is 1. The molecule has 3 atom stereocenters. The van der Waals surface area contributed by atoms with Gasteiger partial charge in [0.15, 0.2) is 0 Å². The first-order chi connectivity index (χ1) is 20.1. The predicted molar refractivity (Wildman–Crippen MR) is 167 cm³/mol. The van der Waals surface area contributed by atoms with Crippen molar-refractivity contribution in [3.05, 3.63) is 88.5 Å². The summed E-state index contributed by atoms with van der Waals surface area (Å²) in [6.07, 6.45) is 1.62. The van der Waals surface area contributed by atoms with Gasteiger partial charge >= 0.3 is 11.7 Å². The van der Waals surface area contributed by atoms with E-state index >= 15 is 0 Å². The lowest BCUT2D eigenvalue weighted by atomic mass is 9.99. The van der Waals surface area contributed by atoms with Crippen LogP contribution in [0.3, 0.4) is 0 Å². The fourth-order valence-electron chi connectivity index (χ4n) is 6.24. The Hall–Kier alpha value is -3.77. The summed E-state index contributed by atoms with van der Waals surface area (Å²) in [5.74, 6) is 1.29. The number of rotatable bonds is 6. The van der Waals surface area contributed by atoms with Crippen molar-refractivity contribution in [1.82, 2.24) is 24.3 Å². The number of benzene rings is 2. The van der Waals surface area contributed by atoms with Crippen LogP contribution in [0.5, 0.6) is 0 Å². The van der Waals surface area contributed by atoms with Crippen LogP contribution in [0.25, 0.3) is 5.69 Å². The topological polar surface area (TPSA) is 143 Å². The first-order valence-corrected chi connectivity index (χ1v) is 14.5. The molecule has 3 amide bonds. The smallest absolute Gasteiger partial charge is 0.337 e. The molecule has 2 aromatic carbocycles. The Kier molecular flexibility index (Phi) is 8.62. The number of anilines is 1. The molecular weight excluding hydrogens is 568 g/mol. The molecule has 3 aliphatic rings. The van der Waals surface area contributed by atoms with Crippen molar-refractivity contribution < 1.29 is 9.59 Å². The molecule has 12 heteroatoms. The molecule has 0 spiro atoms. The van der Waals surface area contributed by atoms with Gasteiger partial charge in [0.1, 0.15) is 5.82 Å². The highest BCUT2D eigenvalue weighted by molar-refractivity contribution is 5.89. The normalized spacial score (nSPS) is 23.3. The predicted octanol–water partition coefficient (Wildman–Crippen LogP) is 2.20. The van der Waals surface area contributed by atoms with Crippen molar-refractivity contribution in [1.29, 1.82) is 0 Å². The van der Waals surface area contributed by atoms with Crippen LogP contribution in [0.4, 0.5) is 10.6 Å². The van der Waals surface area contributed by atoms with Crippen LogP contribution in [0.2, 0.25) is 0 Å². The molecule has 5 N–H and O–H groups in total. The number of likely N-dealkylation sites (tertiary alicyclic amines) is 1. The Morgan fingerprint density at radius 3 is 2.28 bits per heavy atom. The van der Waals surface area contributed by atoms with Crippen LogP contribution < -0.4 is 22.5 Å². The third-order valence-corrected chi connectivity index (χ3v) is 8.66. The second-order valence-electron chi connectivity index (χ2n) is 12.3. The summed E-state index contributed by atoms with van der Waals surface area (Å²) in [6.45, 7) is 7.31. The number of carbonyl (C=O) groups is 2. The fraction of sp³-hybridized carbons (Fsp3) is 0.419. The molecular formula is C31H39ClN8O3. The third-order valence-electron chi connectivity index (χ3n) is 8.66. The van der Waals surface area contributed by atoms with Gasteiger partial charge in [-0.1, -0.05) is 42.5 Å². The molecule has 3 aromatic rings. The minimum Gasteiger partial charge on any atom is -0.337 e. The molecule has 2 saturated heterocycles. The molecule has 2 aliphatic heterocycles. The number of hydrogen-bond acceptors (Lipinski definition) is 7. The summed E-state index contributed by atoms with van der Waals surface area (Å²) in [4.78, 5) is 49.2. The Bertz CT molecular complexity index is 1510. The van der Waals surface area contributed by atoms with Gasteiger partial charge in [-0.2, -0.15) is 4.98 Å². The Morgan fingerprint density at radius 1 is 0.977 bits per heavy atom. The lowest BCUT2D eigenvalue weighted by Crippen LogP contribution is -2.59. The van der Waals surface area contributed by atoms with Gasteiger partial charge in [-0.25, -0.2) is 9.59 Å². The van der Waals surface area contributed by atoms with E-state index < -0.39 is 17.3 Å². The van der Waals surface area contributed by atoms with Gasteiger partial charge < -0.3 is 21.3 Å². The summed E-state index contributed by atoms with van der Waals surface area (Å²) >= 11 is 0. The zero-order chi connectivity index (χ0) is 29.6. The number of amides is 3. The molecule has 3 heterocycles. The second kappa shape index (κ2) is 12.1. The van der Waals surface area contributed by atoms with Crippen LogP contribution in [0.1, 0.15) is 31.0 Å². The standard InChI is InChI=1S/C31H38N8O3.ClH/c1-31(2,33)28(40)37-14-15-39(25(19-37)21-6-4-3-5-7-21)30(42)35-26-12-13-38(29(41)34-26)22-10-8-20(9-11-22)16-36-17-23-24(18-36)27(23)32;/h3-13,23-25,27H,14-19,32-33H2,1-2H3,(H,34,35,41,42);1H. The van der Waals surface area contributed by atoms with Gasteiger partial charge in [-0.05, 0) is 55.0 Å². The van der Waals surface area contributed by atoms with E-state index in [1.807, 2.05) is 54.6 Å². The van der Waals surface area contributed by atoms with E-state index in [-0.39, 0.29) is 30.2 Å². The van der Waals surface area contributed by atoms with E-state index in [0.717, 1.165) is 25.2 Å². The van der Waals surface area contributed by atoms with E-state index in [4.69, 9.17) is 11.5 Å². The monoisotopic (exact) mass is 606 g/mol. The number of nitrogens with zero attached hydrogens (tertiary/aromatic N) is 5. The first-order valence-electron chi connectivity index (χ1n) is 14.5. The Morgan fingerprint density at radius 2 is 1.65 bits per heavy atom. The van der Waals surface area contributed by atoms with Crippen molar-refractivity contribution in [2.45, 2.75) is 38.0 Å². The van der Waals surface area contributed by atoms with E-state index in [1.54, 1.807) is 35.9 Å². The lowest BCUT2D eigenvalue weighted by Gasteiger charge is -2.43. The molecule has 1 aromatic heterocycles. The molecule has 0 bridgehead atoms. The number of nitrogens with two attached hydrogens (primary N) is 2. The van der Waals surface area contributed by atoms with Gasteiger partial charge in [-0.3, -0.25) is 19.6 Å². The molecule has 11 nitrogen and oxygen atoms in total. The van der Waals surface area contributed by atoms with Gasteiger partial charge in [0.2, 0.25) is 5.91 Å².